The van der Waals surface area contributed by atoms with Crippen LogP contribution in [0.4, 0.5) is 5.69 Å². The molecule has 1 amide bonds. The van der Waals surface area contributed by atoms with Crippen LogP contribution in [0.15, 0.2) is 18.2 Å². The van der Waals surface area contributed by atoms with Crippen molar-refractivity contribution in [3.8, 4) is 0 Å². The number of amides is 1. The molecule has 1 aliphatic heterocycles. The van der Waals surface area contributed by atoms with Crippen molar-refractivity contribution in [2.24, 2.45) is 0 Å². The third-order valence-corrected chi connectivity index (χ3v) is 4.29. The quantitative estimate of drug-likeness (QED) is 0.901. The molecule has 1 saturated heterocycles. The van der Waals surface area contributed by atoms with Crippen molar-refractivity contribution < 1.29 is 4.79 Å². The summed E-state index contributed by atoms with van der Waals surface area (Å²) in [5.74, 6) is -0.102. The lowest BCUT2D eigenvalue weighted by molar-refractivity contribution is -0.126. The molecule has 1 aromatic rings. The molecule has 2 N–H and O–H groups in total. The highest BCUT2D eigenvalue weighted by Gasteiger charge is 2.35. The Bertz CT molecular complexity index is 479. The van der Waals surface area contributed by atoms with Gasteiger partial charge in [0.2, 0.25) is 5.91 Å². The first-order chi connectivity index (χ1) is 9.43. The second-order valence-corrected chi connectivity index (χ2v) is 6.16. The number of benzene rings is 1. The summed E-state index contributed by atoms with van der Waals surface area (Å²) in [4.78, 5) is 14.7. The Kier molecular flexibility index (Phi) is 4.91. The molecule has 1 aliphatic rings. The molecule has 1 fully saturated rings. The van der Waals surface area contributed by atoms with Crippen molar-refractivity contribution in [1.29, 1.82) is 0 Å². The first-order valence-electron chi connectivity index (χ1n) is 6.64. The number of piperazine rings is 1. The van der Waals surface area contributed by atoms with Crippen molar-refractivity contribution in [3.63, 3.8) is 0 Å². The number of nitrogens with one attached hydrogen (secondary N) is 2. The van der Waals surface area contributed by atoms with E-state index in [9.17, 15) is 4.79 Å². The van der Waals surface area contributed by atoms with Gasteiger partial charge in [-0.3, -0.25) is 9.69 Å². The minimum Gasteiger partial charge on any atom is -0.322 e. The van der Waals surface area contributed by atoms with Crippen LogP contribution in [-0.2, 0) is 4.79 Å². The standard InChI is InChI=1S/C14H19Cl2N3O/c1-14(2,19-8-6-17-7-9-19)13(20)18-12-10(15)4-3-5-11(12)16/h3-5,17H,6-9H2,1-2H3,(H,18,20). The number of anilines is 1. The molecule has 4 nitrogen and oxygen atoms in total. The molecule has 6 heteroatoms. The van der Waals surface area contributed by atoms with E-state index in [0.717, 1.165) is 26.2 Å². The lowest BCUT2D eigenvalue weighted by atomic mass is 10.0. The van der Waals surface area contributed by atoms with Gasteiger partial charge in [0.05, 0.1) is 21.3 Å². The summed E-state index contributed by atoms with van der Waals surface area (Å²) in [6, 6.07) is 5.17. The number of carbonyl (C=O) groups excluding carboxylic acids is 1. The highest BCUT2D eigenvalue weighted by molar-refractivity contribution is 6.39. The second kappa shape index (κ2) is 6.31. The molecule has 20 heavy (non-hydrogen) atoms. The molecule has 0 spiro atoms. The molecule has 0 aliphatic carbocycles. The largest absolute Gasteiger partial charge is 0.322 e. The first-order valence-corrected chi connectivity index (χ1v) is 7.40. The lowest BCUT2D eigenvalue weighted by Gasteiger charge is -2.39. The predicted molar refractivity (Wildman–Crippen MR) is 83.6 cm³/mol. The fourth-order valence-corrected chi connectivity index (χ4v) is 2.74. The third-order valence-electron chi connectivity index (χ3n) is 3.66. The maximum atomic E-state index is 12.5. The molecule has 0 bridgehead atoms. The van der Waals surface area contributed by atoms with Gasteiger partial charge in [-0.15, -0.1) is 0 Å². The zero-order chi connectivity index (χ0) is 14.8. The molecule has 1 aromatic carbocycles. The Labute approximate surface area is 129 Å². The lowest BCUT2D eigenvalue weighted by Crippen LogP contribution is -2.58. The van der Waals surface area contributed by atoms with Gasteiger partial charge in [0.25, 0.3) is 0 Å². The molecule has 0 saturated carbocycles. The minimum absolute atomic E-state index is 0.102. The van der Waals surface area contributed by atoms with Gasteiger partial charge in [-0.05, 0) is 26.0 Å². The summed E-state index contributed by atoms with van der Waals surface area (Å²) in [5.41, 5.74) is -0.131. The van der Waals surface area contributed by atoms with E-state index in [-0.39, 0.29) is 5.91 Å². The van der Waals surface area contributed by atoms with Gasteiger partial charge in [0.1, 0.15) is 0 Å². The maximum absolute atomic E-state index is 12.5. The van der Waals surface area contributed by atoms with Crippen molar-refractivity contribution in [3.05, 3.63) is 28.2 Å². The van der Waals surface area contributed by atoms with Crippen LogP contribution in [0.3, 0.4) is 0 Å². The number of hydrogen-bond donors (Lipinski definition) is 2. The number of para-hydroxylation sites is 1. The Hall–Kier alpha value is -0.810. The van der Waals surface area contributed by atoms with Crippen molar-refractivity contribution in [1.82, 2.24) is 10.2 Å². The molecular formula is C14H19Cl2N3O. The smallest absolute Gasteiger partial charge is 0.244 e. The van der Waals surface area contributed by atoms with Gasteiger partial charge in [0.15, 0.2) is 0 Å². The summed E-state index contributed by atoms with van der Waals surface area (Å²) in [7, 11) is 0. The Balaban J connectivity index is 2.14. The summed E-state index contributed by atoms with van der Waals surface area (Å²) in [6.45, 7) is 7.30. The average Bonchev–Trinajstić information content (AvgIpc) is 2.43. The van der Waals surface area contributed by atoms with Crippen molar-refractivity contribution in [2.75, 3.05) is 31.5 Å². The zero-order valence-electron chi connectivity index (χ0n) is 11.7. The van der Waals surface area contributed by atoms with Crippen LogP contribution in [-0.4, -0.2) is 42.5 Å². The second-order valence-electron chi connectivity index (χ2n) is 5.35. The first kappa shape index (κ1) is 15.6. The van der Waals surface area contributed by atoms with E-state index in [1.165, 1.54) is 0 Å². The van der Waals surface area contributed by atoms with Crippen LogP contribution >= 0.6 is 23.2 Å². The molecule has 0 radical (unpaired) electrons. The topological polar surface area (TPSA) is 44.4 Å². The van der Waals surface area contributed by atoms with E-state index in [1.54, 1.807) is 18.2 Å². The van der Waals surface area contributed by atoms with Crippen LogP contribution < -0.4 is 10.6 Å². The molecule has 110 valence electrons. The number of carbonyl (C=O) groups is 1. The predicted octanol–water partition coefficient (Wildman–Crippen LogP) is 2.62. The van der Waals surface area contributed by atoms with E-state index in [0.29, 0.717) is 15.7 Å². The summed E-state index contributed by atoms with van der Waals surface area (Å²) in [6.07, 6.45) is 0. The number of halogens is 2. The van der Waals surface area contributed by atoms with Crippen LogP contribution in [0, 0.1) is 0 Å². The van der Waals surface area contributed by atoms with Crippen LogP contribution in [0.1, 0.15) is 13.8 Å². The Morgan fingerprint density at radius 3 is 2.35 bits per heavy atom. The molecule has 0 aromatic heterocycles. The number of hydrogen-bond acceptors (Lipinski definition) is 3. The molecular weight excluding hydrogens is 297 g/mol. The van der Waals surface area contributed by atoms with Gasteiger partial charge in [0, 0.05) is 26.2 Å². The van der Waals surface area contributed by atoms with Gasteiger partial charge < -0.3 is 10.6 Å². The summed E-state index contributed by atoms with van der Waals surface area (Å²) in [5, 5.41) is 7.02. The van der Waals surface area contributed by atoms with Gasteiger partial charge in [-0.1, -0.05) is 29.3 Å². The maximum Gasteiger partial charge on any atom is 0.244 e. The fraction of sp³-hybridized carbons (Fsp3) is 0.500. The van der Waals surface area contributed by atoms with Gasteiger partial charge >= 0.3 is 0 Å². The summed E-state index contributed by atoms with van der Waals surface area (Å²) < 4.78 is 0. The monoisotopic (exact) mass is 315 g/mol. The zero-order valence-corrected chi connectivity index (χ0v) is 13.2. The minimum atomic E-state index is -0.607. The fourth-order valence-electron chi connectivity index (χ4n) is 2.25. The Morgan fingerprint density at radius 2 is 1.80 bits per heavy atom. The van der Waals surface area contributed by atoms with E-state index in [2.05, 4.69) is 15.5 Å². The van der Waals surface area contributed by atoms with Crippen molar-refractivity contribution in [2.45, 2.75) is 19.4 Å². The number of nitrogens with zero attached hydrogens (tertiary/aromatic N) is 1. The highest BCUT2D eigenvalue weighted by Crippen LogP contribution is 2.31. The van der Waals surface area contributed by atoms with E-state index in [1.807, 2.05) is 13.8 Å². The molecule has 1 heterocycles. The van der Waals surface area contributed by atoms with Crippen LogP contribution in [0.25, 0.3) is 0 Å². The summed E-state index contributed by atoms with van der Waals surface area (Å²) >= 11 is 12.2. The molecule has 0 atom stereocenters. The third kappa shape index (κ3) is 3.26. The van der Waals surface area contributed by atoms with Crippen LogP contribution in [0.5, 0.6) is 0 Å². The van der Waals surface area contributed by atoms with E-state index >= 15 is 0 Å². The van der Waals surface area contributed by atoms with E-state index in [4.69, 9.17) is 23.2 Å². The van der Waals surface area contributed by atoms with Crippen molar-refractivity contribution >= 4 is 34.8 Å². The van der Waals surface area contributed by atoms with Gasteiger partial charge in [-0.25, -0.2) is 0 Å². The number of rotatable bonds is 3. The molecule has 2 rings (SSSR count). The van der Waals surface area contributed by atoms with Gasteiger partial charge in [-0.2, -0.15) is 0 Å². The van der Waals surface area contributed by atoms with Crippen LogP contribution in [0.2, 0.25) is 10.0 Å². The normalized spacial score (nSPS) is 17.0. The molecule has 0 unspecified atom stereocenters. The average molecular weight is 316 g/mol. The highest BCUT2D eigenvalue weighted by atomic mass is 35.5. The SMILES string of the molecule is CC(C)(C(=O)Nc1c(Cl)cccc1Cl)N1CCNCC1. The Morgan fingerprint density at radius 1 is 1.25 bits per heavy atom. The van der Waals surface area contributed by atoms with E-state index < -0.39 is 5.54 Å².